The Morgan fingerprint density at radius 3 is 2.36 bits per heavy atom. The molecule has 0 saturated carbocycles. The minimum absolute atomic E-state index is 0.289. The van der Waals surface area contributed by atoms with Crippen LogP contribution in [0.4, 0.5) is 18.0 Å². The molecule has 2 aliphatic rings. The fraction of sp³-hybridized carbons (Fsp3) is 0.846. The summed E-state index contributed by atoms with van der Waals surface area (Å²) in [6, 6.07) is -0.991. The van der Waals surface area contributed by atoms with Crippen LogP contribution in [0.25, 0.3) is 0 Å². The van der Waals surface area contributed by atoms with Crippen LogP contribution in [0, 0.1) is 17.3 Å². The van der Waals surface area contributed by atoms with Crippen LogP contribution in [-0.2, 0) is 9.53 Å². The summed E-state index contributed by atoms with van der Waals surface area (Å²) in [5.74, 6) is -5.20. The lowest BCUT2D eigenvalue weighted by Crippen LogP contribution is -2.49. The largest absolute Gasteiger partial charge is 0.481 e. The quantitative estimate of drug-likeness (QED) is 0.803. The number of ether oxygens (including phenoxy) is 1. The number of alkyl halides is 3. The van der Waals surface area contributed by atoms with E-state index in [4.69, 9.17) is 9.84 Å². The van der Waals surface area contributed by atoms with Crippen molar-refractivity contribution in [1.82, 2.24) is 10.2 Å². The molecular weight excluding hydrogens is 305 g/mol. The van der Waals surface area contributed by atoms with E-state index >= 15 is 0 Å². The van der Waals surface area contributed by atoms with Gasteiger partial charge in [0.05, 0.1) is 31.1 Å². The Balaban J connectivity index is 2.04. The van der Waals surface area contributed by atoms with E-state index < -0.39 is 43.1 Å². The molecule has 6 nitrogen and oxygen atoms in total. The maximum Gasteiger partial charge on any atom is 0.394 e. The molecule has 1 unspecified atom stereocenters. The maximum absolute atomic E-state index is 12.9. The number of rotatable bonds is 2. The second-order valence-electron chi connectivity index (χ2n) is 6.50. The lowest BCUT2D eigenvalue weighted by atomic mass is 9.88. The van der Waals surface area contributed by atoms with Gasteiger partial charge in [0, 0.05) is 18.5 Å². The molecule has 0 radical (unpaired) electrons. The fourth-order valence-corrected chi connectivity index (χ4v) is 2.79. The number of amides is 2. The highest BCUT2D eigenvalue weighted by Crippen LogP contribution is 2.38. The van der Waals surface area contributed by atoms with Gasteiger partial charge < -0.3 is 20.1 Å². The van der Waals surface area contributed by atoms with Gasteiger partial charge in [0.1, 0.15) is 0 Å². The Hall–Kier alpha value is -1.51. The number of hydrogen-bond donors (Lipinski definition) is 2. The first-order valence-corrected chi connectivity index (χ1v) is 6.95. The van der Waals surface area contributed by atoms with Crippen LogP contribution < -0.4 is 5.32 Å². The molecule has 3 atom stereocenters. The van der Waals surface area contributed by atoms with Crippen molar-refractivity contribution in [3.8, 4) is 0 Å². The van der Waals surface area contributed by atoms with Crippen LogP contribution in [0.1, 0.15) is 13.8 Å². The monoisotopic (exact) mass is 324 g/mol. The Morgan fingerprint density at radius 1 is 1.32 bits per heavy atom. The van der Waals surface area contributed by atoms with Crippen molar-refractivity contribution in [2.24, 2.45) is 17.3 Å². The minimum Gasteiger partial charge on any atom is -0.481 e. The molecule has 2 aliphatic heterocycles. The van der Waals surface area contributed by atoms with Gasteiger partial charge in [-0.25, -0.2) is 4.79 Å². The van der Waals surface area contributed by atoms with Gasteiger partial charge >= 0.3 is 18.2 Å². The van der Waals surface area contributed by atoms with E-state index in [1.807, 2.05) is 13.8 Å². The summed E-state index contributed by atoms with van der Waals surface area (Å²) >= 11 is 0. The van der Waals surface area contributed by atoms with Crippen LogP contribution in [0.3, 0.4) is 0 Å². The number of carboxylic acids is 1. The first-order chi connectivity index (χ1) is 10.0. The molecule has 126 valence electrons. The Morgan fingerprint density at radius 2 is 1.95 bits per heavy atom. The average Bonchev–Trinajstić information content (AvgIpc) is 2.93. The third-order valence-corrected chi connectivity index (χ3v) is 4.34. The zero-order valence-electron chi connectivity index (χ0n) is 12.3. The Bertz CT molecular complexity index is 467. The van der Waals surface area contributed by atoms with Gasteiger partial charge in [0.15, 0.2) is 0 Å². The molecule has 2 saturated heterocycles. The van der Waals surface area contributed by atoms with E-state index in [-0.39, 0.29) is 18.1 Å². The third-order valence-electron chi connectivity index (χ3n) is 4.34. The molecule has 0 aromatic heterocycles. The second kappa shape index (κ2) is 5.60. The number of hydrogen-bond acceptors (Lipinski definition) is 3. The number of carboxylic acid groups (broad SMARTS) is 1. The van der Waals surface area contributed by atoms with Gasteiger partial charge in [-0.2, -0.15) is 13.2 Å². The summed E-state index contributed by atoms with van der Waals surface area (Å²) in [7, 11) is 0. The topological polar surface area (TPSA) is 78.9 Å². The fourth-order valence-electron chi connectivity index (χ4n) is 2.79. The number of aliphatic carboxylic acids is 1. The summed E-state index contributed by atoms with van der Waals surface area (Å²) in [4.78, 5) is 24.0. The predicted octanol–water partition coefficient (Wildman–Crippen LogP) is 1.32. The third kappa shape index (κ3) is 3.29. The van der Waals surface area contributed by atoms with E-state index in [0.717, 1.165) is 4.90 Å². The van der Waals surface area contributed by atoms with Crippen molar-refractivity contribution in [2.75, 3.05) is 26.3 Å². The first-order valence-electron chi connectivity index (χ1n) is 6.95. The summed E-state index contributed by atoms with van der Waals surface area (Å²) < 4.78 is 43.9. The van der Waals surface area contributed by atoms with Crippen molar-refractivity contribution in [3.63, 3.8) is 0 Å². The SMILES string of the molecule is CC1(C)COCC1NC(=O)N1C[C@@H](C(F)(F)F)[C@H](C(=O)O)C1. The smallest absolute Gasteiger partial charge is 0.394 e. The van der Waals surface area contributed by atoms with Crippen molar-refractivity contribution in [1.29, 1.82) is 0 Å². The van der Waals surface area contributed by atoms with Crippen molar-refractivity contribution in [2.45, 2.75) is 26.1 Å². The molecule has 0 aromatic carbocycles. The highest BCUT2D eigenvalue weighted by Gasteiger charge is 2.53. The number of carbonyl (C=O) groups excluding carboxylic acids is 1. The lowest BCUT2D eigenvalue weighted by molar-refractivity contribution is -0.187. The molecule has 2 rings (SSSR count). The van der Waals surface area contributed by atoms with Gasteiger partial charge in [0.25, 0.3) is 0 Å². The van der Waals surface area contributed by atoms with Crippen molar-refractivity contribution >= 4 is 12.0 Å². The first kappa shape index (κ1) is 16.9. The summed E-state index contributed by atoms with van der Waals surface area (Å²) in [5, 5.41) is 11.6. The summed E-state index contributed by atoms with van der Waals surface area (Å²) in [6.07, 6.45) is -4.65. The predicted molar refractivity (Wildman–Crippen MR) is 69.2 cm³/mol. The number of nitrogens with one attached hydrogen (secondary N) is 1. The number of nitrogens with zero attached hydrogens (tertiary/aromatic N) is 1. The normalized spacial score (nSPS) is 31.3. The van der Waals surface area contributed by atoms with Gasteiger partial charge in [0.2, 0.25) is 0 Å². The van der Waals surface area contributed by atoms with Crippen molar-refractivity contribution in [3.05, 3.63) is 0 Å². The van der Waals surface area contributed by atoms with Gasteiger partial charge in [-0.15, -0.1) is 0 Å². The van der Waals surface area contributed by atoms with Gasteiger partial charge in [-0.1, -0.05) is 13.8 Å². The van der Waals surface area contributed by atoms with Crippen LogP contribution in [0.2, 0.25) is 0 Å². The standard InChI is InChI=1S/C13H19F3N2O4/c1-12(2)6-22-5-9(12)17-11(21)18-3-7(10(19)20)8(4-18)13(14,15)16/h7-9H,3-6H2,1-2H3,(H,17,21)(H,19,20)/t7-,8-,9?/m1/s1. The molecular formula is C13H19F3N2O4. The number of likely N-dealkylation sites (tertiary alicyclic amines) is 1. The molecule has 0 aliphatic carbocycles. The summed E-state index contributed by atoms with van der Waals surface area (Å²) in [6.45, 7) is 3.42. The van der Waals surface area contributed by atoms with E-state index in [1.165, 1.54) is 0 Å². The van der Waals surface area contributed by atoms with E-state index in [2.05, 4.69) is 5.32 Å². The van der Waals surface area contributed by atoms with Crippen LogP contribution in [-0.4, -0.2) is 60.5 Å². The zero-order valence-corrected chi connectivity index (χ0v) is 12.3. The average molecular weight is 324 g/mol. The molecule has 0 aromatic rings. The molecule has 2 N–H and O–H groups in total. The molecule has 0 bridgehead atoms. The van der Waals surface area contributed by atoms with Crippen LogP contribution in [0.5, 0.6) is 0 Å². The van der Waals surface area contributed by atoms with Gasteiger partial charge in [-0.05, 0) is 0 Å². The van der Waals surface area contributed by atoms with Crippen LogP contribution >= 0.6 is 0 Å². The molecule has 2 amide bonds. The number of halogens is 3. The van der Waals surface area contributed by atoms with E-state index in [9.17, 15) is 22.8 Å². The molecule has 2 heterocycles. The van der Waals surface area contributed by atoms with Gasteiger partial charge in [-0.3, -0.25) is 4.79 Å². The number of carbonyl (C=O) groups is 2. The number of urea groups is 1. The molecule has 22 heavy (non-hydrogen) atoms. The maximum atomic E-state index is 12.9. The molecule has 2 fully saturated rings. The highest BCUT2D eigenvalue weighted by molar-refractivity contribution is 5.78. The summed E-state index contributed by atoms with van der Waals surface area (Å²) in [5.41, 5.74) is -0.314. The lowest BCUT2D eigenvalue weighted by Gasteiger charge is -2.28. The minimum atomic E-state index is -4.65. The Labute approximate surface area is 125 Å². The van der Waals surface area contributed by atoms with E-state index in [1.54, 1.807) is 0 Å². The zero-order chi connectivity index (χ0) is 16.7. The Kier molecular flexibility index (Phi) is 4.29. The second-order valence-corrected chi connectivity index (χ2v) is 6.50. The van der Waals surface area contributed by atoms with Crippen LogP contribution in [0.15, 0.2) is 0 Å². The van der Waals surface area contributed by atoms with Crippen molar-refractivity contribution < 1.29 is 32.6 Å². The van der Waals surface area contributed by atoms with E-state index in [0.29, 0.717) is 6.61 Å². The highest BCUT2D eigenvalue weighted by atomic mass is 19.4. The molecule has 0 spiro atoms. The molecule has 9 heteroatoms.